The van der Waals surface area contributed by atoms with E-state index in [1.807, 2.05) is 54.6 Å². The van der Waals surface area contributed by atoms with Crippen LogP contribution >= 0.6 is 0 Å². The van der Waals surface area contributed by atoms with Gasteiger partial charge in [0.05, 0.1) is 29.7 Å². The number of aromatic nitrogens is 5. The minimum Gasteiger partial charge on any atom is -0.388 e. The van der Waals surface area contributed by atoms with Crippen LogP contribution in [0.2, 0.25) is 0 Å². The van der Waals surface area contributed by atoms with Gasteiger partial charge in [-0.3, -0.25) is 19.2 Å². The van der Waals surface area contributed by atoms with E-state index in [-0.39, 0.29) is 17.9 Å². The van der Waals surface area contributed by atoms with E-state index in [1.165, 1.54) is 29.2 Å². The van der Waals surface area contributed by atoms with Gasteiger partial charge >= 0.3 is 0 Å². The Kier molecular flexibility index (Phi) is 7.06. The summed E-state index contributed by atoms with van der Waals surface area (Å²) in [7, 11) is 0. The molecule has 0 radical (unpaired) electrons. The fourth-order valence-electron chi connectivity index (χ4n) is 5.08. The standard InChI is InChI=1S/C31H29FN6O2/c32-25-9-4-24(5-10-25)20-36-17-14-31(40,15-18-36)21-37-22-34-29-28(30(37)39)19-35-38(29)27-12-7-23(8-13-27)6-11-26-3-1-2-16-33-26/h1-13,16,19,22,40H,14-15,17-18,20-21H2/b11-6+. The van der Waals surface area contributed by atoms with Gasteiger partial charge in [0.25, 0.3) is 5.56 Å². The smallest absolute Gasteiger partial charge is 0.264 e. The van der Waals surface area contributed by atoms with Crippen molar-refractivity contribution in [3.8, 4) is 5.69 Å². The second kappa shape index (κ2) is 11.0. The van der Waals surface area contributed by atoms with Crippen LogP contribution in [0, 0.1) is 5.82 Å². The first kappa shape index (κ1) is 25.8. The van der Waals surface area contributed by atoms with Gasteiger partial charge in [-0.25, -0.2) is 14.1 Å². The van der Waals surface area contributed by atoms with Crippen LogP contribution in [0.4, 0.5) is 4.39 Å². The number of pyridine rings is 1. The van der Waals surface area contributed by atoms with E-state index in [2.05, 4.69) is 20.0 Å². The summed E-state index contributed by atoms with van der Waals surface area (Å²) in [5.74, 6) is -0.249. The highest BCUT2D eigenvalue weighted by molar-refractivity contribution is 5.75. The Morgan fingerprint density at radius 1 is 0.950 bits per heavy atom. The molecule has 1 N–H and O–H groups in total. The Hall–Kier alpha value is -4.47. The Balaban J connectivity index is 1.13. The third-order valence-corrected chi connectivity index (χ3v) is 7.40. The molecule has 9 heteroatoms. The molecule has 6 rings (SSSR count). The number of benzene rings is 2. The van der Waals surface area contributed by atoms with Crippen molar-refractivity contribution < 1.29 is 9.50 Å². The summed E-state index contributed by atoms with van der Waals surface area (Å²) in [6, 6.07) is 20.1. The fraction of sp³-hybridized carbons (Fsp3) is 0.226. The molecule has 0 saturated carbocycles. The van der Waals surface area contributed by atoms with Crippen molar-refractivity contribution in [2.75, 3.05) is 13.1 Å². The van der Waals surface area contributed by atoms with Crippen LogP contribution < -0.4 is 5.56 Å². The lowest BCUT2D eigenvalue weighted by atomic mass is 9.91. The van der Waals surface area contributed by atoms with Crippen molar-refractivity contribution in [1.82, 2.24) is 29.2 Å². The quantitative estimate of drug-likeness (QED) is 0.334. The normalized spacial score (nSPS) is 15.7. The zero-order valence-electron chi connectivity index (χ0n) is 21.9. The zero-order valence-corrected chi connectivity index (χ0v) is 21.9. The van der Waals surface area contributed by atoms with Gasteiger partial charge in [-0.2, -0.15) is 5.10 Å². The van der Waals surface area contributed by atoms with Gasteiger partial charge in [0.1, 0.15) is 17.5 Å². The van der Waals surface area contributed by atoms with Gasteiger partial charge in [0.15, 0.2) is 5.65 Å². The van der Waals surface area contributed by atoms with Gasteiger partial charge in [-0.15, -0.1) is 0 Å². The molecule has 40 heavy (non-hydrogen) atoms. The molecule has 1 aliphatic heterocycles. The summed E-state index contributed by atoms with van der Waals surface area (Å²) in [6.07, 6.45) is 9.78. The summed E-state index contributed by atoms with van der Waals surface area (Å²) >= 11 is 0. The Morgan fingerprint density at radius 3 is 2.45 bits per heavy atom. The molecule has 0 amide bonds. The summed E-state index contributed by atoms with van der Waals surface area (Å²) in [5.41, 5.74) is 2.95. The summed E-state index contributed by atoms with van der Waals surface area (Å²) in [4.78, 5) is 24.4. The highest BCUT2D eigenvalue weighted by Gasteiger charge is 2.33. The van der Waals surface area contributed by atoms with E-state index in [1.54, 1.807) is 23.0 Å². The highest BCUT2D eigenvalue weighted by atomic mass is 19.1. The first-order valence-electron chi connectivity index (χ1n) is 13.3. The Morgan fingerprint density at radius 2 is 1.73 bits per heavy atom. The van der Waals surface area contributed by atoms with Crippen molar-refractivity contribution in [3.05, 3.63) is 118 Å². The summed E-state index contributed by atoms with van der Waals surface area (Å²) in [6.45, 7) is 2.23. The molecule has 8 nitrogen and oxygen atoms in total. The molecule has 5 aromatic rings. The molecular formula is C31H29FN6O2. The lowest BCUT2D eigenvalue weighted by Gasteiger charge is -2.38. The fourth-order valence-corrected chi connectivity index (χ4v) is 5.08. The molecule has 0 aliphatic carbocycles. The monoisotopic (exact) mass is 536 g/mol. The van der Waals surface area contributed by atoms with Crippen LogP contribution in [0.5, 0.6) is 0 Å². The zero-order chi connectivity index (χ0) is 27.5. The van der Waals surface area contributed by atoms with Crippen LogP contribution in [0.3, 0.4) is 0 Å². The molecule has 1 fully saturated rings. The number of halogens is 1. The van der Waals surface area contributed by atoms with Crippen LogP contribution in [-0.2, 0) is 13.1 Å². The first-order valence-corrected chi connectivity index (χ1v) is 13.3. The topological polar surface area (TPSA) is 89.1 Å². The molecule has 4 heterocycles. The average molecular weight is 537 g/mol. The second-order valence-electron chi connectivity index (χ2n) is 10.3. The maximum Gasteiger partial charge on any atom is 0.264 e. The molecule has 1 aliphatic rings. The average Bonchev–Trinajstić information content (AvgIpc) is 3.42. The maximum atomic E-state index is 13.3. The predicted molar refractivity (Wildman–Crippen MR) is 152 cm³/mol. The molecule has 0 bridgehead atoms. The van der Waals surface area contributed by atoms with Crippen molar-refractivity contribution >= 4 is 23.2 Å². The van der Waals surface area contributed by atoms with Gasteiger partial charge in [-0.1, -0.05) is 36.4 Å². The van der Waals surface area contributed by atoms with E-state index >= 15 is 0 Å². The molecule has 0 spiro atoms. The Labute approximate surface area is 230 Å². The van der Waals surface area contributed by atoms with Crippen molar-refractivity contribution in [3.63, 3.8) is 0 Å². The third-order valence-electron chi connectivity index (χ3n) is 7.40. The molecule has 3 aromatic heterocycles. The van der Waals surface area contributed by atoms with Crippen LogP contribution in [-0.4, -0.2) is 53.0 Å². The second-order valence-corrected chi connectivity index (χ2v) is 10.3. The van der Waals surface area contributed by atoms with Crippen molar-refractivity contribution in [1.29, 1.82) is 0 Å². The molecule has 2 aromatic carbocycles. The lowest BCUT2D eigenvalue weighted by molar-refractivity contribution is -0.0364. The Bertz CT molecular complexity index is 1690. The number of fused-ring (bicyclic) bond motifs is 1. The van der Waals surface area contributed by atoms with Gasteiger partial charge in [0, 0.05) is 25.8 Å². The van der Waals surface area contributed by atoms with Crippen molar-refractivity contribution in [2.45, 2.75) is 31.5 Å². The molecule has 1 saturated heterocycles. The number of hydrogen-bond donors (Lipinski definition) is 1. The molecule has 0 unspecified atom stereocenters. The van der Waals surface area contributed by atoms with Crippen LogP contribution in [0.25, 0.3) is 28.9 Å². The summed E-state index contributed by atoms with van der Waals surface area (Å²) in [5, 5.41) is 16.1. The number of hydrogen-bond acceptors (Lipinski definition) is 6. The number of likely N-dealkylation sites (tertiary alicyclic amines) is 1. The minimum atomic E-state index is -1.01. The van der Waals surface area contributed by atoms with Gasteiger partial charge in [0.2, 0.25) is 0 Å². The maximum absolute atomic E-state index is 13.3. The first-order chi connectivity index (χ1) is 19.5. The largest absolute Gasteiger partial charge is 0.388 e. The van der Waals surface area contributed by atoms with E-state index in [4.69, 9.17) is 0 Å². The highest BCUT2D eigenvalue weighted by Crippen LogP contribution is 2.25. The SMILES string of the molecule is O=c1c2cnn(-c3ccc(/C=C/c4ccccn4)cc3)c2ncn1CC1(O)CCN(Cc2ccc(F)cc2)CC1. The van der Waals surface area contributed by atoms with Gasteiger partial charge < -0.3 is 5.11 Å². The van der Waals surface area contributed by atoms with Crippen LogP contribution in [0.15, 0.2) is 90.2 Å². The van der Waals surface area contributed by atoms with E-state index in [0.717, 1.165) is 22.5 Å². The molecule has 0 atom stereocenters. The van der Waals surface area contributed by atoms with Crippen molar-refractivity contribution in [2.24, 2.45) is 0 Å². The number of aliphatic hydroxyl groups is 1. The number of rotatable bonds is 7. The minimum absolute atomic E-state index is 0.168. The number of piperidine rings is 1. The molecular weight excluding hydrogens is 507 g/mol. The number of nitrogens with zero attached hydrogens (tertiary/aromatic N) is 6. The van der Waals surface area contributed by atoms with E-state index in [9.17, 15) is 14.3 Å². The van der Waals surface area contributed by atoms with E-state index < -0.39 is 5.60 Å². The van der Waals surface area contributed by atoms with E-state index in [0.29, 0.717) is 43.5 Å². The molecule has 202 valence electrons. The summed E-state index contributed by atoms with van der Waals surface area (Å²) < 4.78 is 16.3. The third kappa shape index (κ3) is 5.61. The van der Waals surface area contributed by atoms with Gasteiger partial charge in [-0.05, 0) is 66.4 Å². The lowest BCUT2D eigenvalue weighted by Crippen LogP contribution is -2.47. The predicted octanol–water partition coefficient (Wildman–Crippen LogP) is 4.31. The van der Waals surface area contributed by atoms with Crippen LogP contribution in [0.1, 0.15) is 29.7 Å².